The van der Waals surface area contributed by atoms with E-state index in [0.29, 0.717) is 5.06 Å². The zero-order chi connectivity index (χ0) is 6.41. The molecule has 1 rings (SSSR count). The molecule has 0 spiro atoms. The van der Waals surface area contributed by atoms with E-state index in [2.05, 4.69) is 13.2 Å². The third kappa shape index (κ3) is 2.42. The number of aromatic hydroxyl groups is 1. The van der Waals surface area contributed by atoms with Crippen molar-refractivity contribution in [1.82, 2.24) is 0 Å². The largest absolute Gasteiger partial charge is 0.499 e. The molecule has 0 aliphatic heterocycles. The first-order valence-corrected chi connectivity index (χ1v) is 3.00. The topological polar surface area (TPSA) is 20.2 Å². The van der Waals surface area contributed by atoms with E-state index in [9.17, 15) is 0 Å². The second-order valence-corrected chi connectivity index (χ2v) is 1.88. The lowest BCUT2D eigenvalue weighted by Gasteiger charge is -1.67. The van der Waals surface area contributed by atoms with Crippen molar-refractivity contribution in [2.75, 3.05) is 0 Å². The predicted octanol–water partition coefficient (Wildman–Crippen LogP) is 2.26. The van der Waals surface area contributed by atoms with Gasteiger partial charge in [-0.3, -0.25) is 0 Å². The van der Waals surface area contributed by atoms with Crippen molar-refractivity contribution < 1.29 is 5.11 Å². The highest BCUT2D eigenvalue weighted by atomic mass is 32.1. The summed E-state index contributed by atoms with van der Waals surface area (Å²) in [6, 6.07) is 3.46. The molecule has 1 aromatic rings. The van der Waals surface area contributed by atoms with Crippen molar-refractivity contribution in [3.63, 3.8) is 0 Å². The summed E-state index contributed by atoms with van der Waals surface area (Å²) in [6.07, 6.45) is 0. The van der Waals surface area contributed by atoms with Gasteiger partial charge >= 0.3 is 0 Å². The average Bonchev–Trinajstić information content (AvgIpc) is 2.24. The van der Waals surface area contributed by atoms with Crippen LogP contribution in [0.15, 0.2) is 30.7 Å². The van der Waals surface area contributed by atoms with Gasteiger partial charge in [-0.1, -0.05) is 0 Å². The summed E-state index contributed by atoms with van der Waals surface area (Å²) in [6.45, 7) is 6.00. The van der Waals surface area contributed by atoms with Crippen LogP contribution in [0.1, 0.15) is 0 Å². The molecular formula is C6H8OS. The van der Waals surface area contributed by atoms with Gasteiger partial charge in [0.25, 0.3) is 0 Å². The molecule has 1 N–H and O–H groups in total. The van der Waals surface area contributed by atoms with E-state index >= 15 is 0 Å². The van der Waals surface area contributed by atoms with Gasteiger partial charge in [-0.2, -0.15) is 0 Å². The number of rotatable bonds is 0. The first kappa shape index (κ1) is 7.24. The van der Waals surface area contributed by atoms with Gasteiger partial charge in [0.2, 0.25) is 0 Å². The van der Waals surface area contributed by atoms with Crippen molar-refractivity contribution in [3.8, 4) is 5.06 Å². The van der Waals surface area contributed by atoms with Crippen molar-refractivity contribution in [3.05, 3.63) is 30.7 Å². The summed E-state index contributed by atoms with van der Waals surface area (Å²) in [7, 11) is 0. The lowest BCUT2D eigenvalue weighted by atomic mass is 10.7. The highest BCUT2D eigenvalue weighted by molar-refractivity contribution is 7.11. The van der Waals surface area contributed by atoms with E-state index < -0.39 is 0 Å². The molecule has 0 atom stereocenters. The van der Waals surface area contributed by atoms with Crippen LogP contribution in [0.2, 0.25) is 0 Å². The molecule has 0 fully saturated rings. The van der Waals surface area contributed by atoms with E-state index in [1.807, 2.05) is 5.38 Å². The Morgan fingerprint density at radius 2 is 2.12 bits per heavy atom. The Morgan fingerprint density at radius 3 is 2.25 bits per heavy atom. The van der Waals surface area contributed by atoms with Crippen LogP contribution in [0.5, 0.6) is 5.06 Å². The van der Waals surface area contributed by atoms with Crippen molar-refractivity contribution in [2.24, 2.45) is 0 Å². The van der Waals surface area contributed by atoms with Gasteiger partial charge in [-0.05, 0) is 17.5 Å². The summed E-state index contributed by atoms with van der Waals surface area (Å²) in [5.74, 6) is 0. The van der Waals surface area contributed by atoms with Gasteiger partial charge in [0.15, 0.2) is 5.06 Å². The molecule has 0 radical (unpaired) electrons. The lowest BCUT2D eigenvalue weighted by Crippen LogP contribution is -1.35. The molecule has 44 valence electrons. The Balaban J connectivity index is 0.000000222. The fourth-order valence-corrected chi connectivity index (χ4v) is 0.724. The van der Waals surface area contributed by atoms with Gasteiger partial charge in [-0.25, -0.2) is 0 Å². The van der Waals surface area contributed by atoms with Crippen LogP contribution in [0.3, 0.4) is 0 Å². The van der Waals surface area contributed by atoms with E-state index in [1.54, 1.807) is 12.1 Å². The number of hydrogen-bond acceptors (Lipinski definition) is 2. The van der Waals surface area contributed by atoms with Gasteiger partial charge < -0.3 is 5.11 Å². The highest BCUT2D eigenvalue weighted by Gasteiger charge is 1.77. The SMILES string of the molecule is C=C.Oc1cccs1. The molecule has 8 heavy (non-hydrogen) atoms. The average molecular weight is 128 g/mol. The van der Waals surface area contributed by atoms with Crippen LogP contribution in [0, 0.1) is 0 Å². The standard InChI is InChI=1S/C4H4OS.C2H4/c5-4-2-1-3-6-4;1-2/h1-3,5H;1-2H2. The normalized spacial score (nSPS) is 7.00. The summed E-state index contributed by atoms with van der Waals surface area (Å²) in [5.41, 5.74) is 0. The fraction of sp³-hybridized carbons (Fsp3) is 0. The van der Waals surface area contributed by atoms with Crippen molar-refractivity contribution in [2.45, 2.75) is 0 Å². The number of thiophene rings is 1. The number of hydrogen-bond donors (Lipinski definition) is 1. The minimum absolute atomic E-state index is 0.384. The molecule has 1 nitrogen and oxygen atoms in total. The van der Waals surface area contributed by atoms with E-state index in [-0.39, 0.29) is 0 Å². The van der Waals surface area contributed by atoms with Crippen LogP contribution in [-0.2, 0) is 0 Å². The van der Waals surface area contributed by atoms with Gasteiger partial charge in [0.05, 0.1) is 0 Å². The van der Waals surface area contributed by atoms with Crippen LogP contribution in [0.4, 0.5) is 0 Å². The minimum atomic E-state index is 0.384. The zero-order valence-corrected chi connectivity index (χ0v) is 5.32. The predicted molar refractivity (Wildman–Crippen MR) is 37.2 cm³/mol. The molecule has 0 aliphatic rings. The van der Waals surface area contributed by atoms with E-state index in [1.165, 1.54) is 11.3 Å². The van der Waals surface area contributed by atoms with Crippen molar-refractivity contribution >= 4 is 11.3 Å². The minimum Gasteiger partial charge on any atom is -0.499 e. The van der Waals surface area contributed by atoms with E-state index in [4.69, 9.17) is 5.11 Å². The smallest absolute Gasteiger partial charge is 0.171 e. The molecule has 0 bridgehead atoms. The summed E-state index contributed by atoms with van der Waals surface area (Å²) in [4.78, 5) is 0. The Hall–Kier alpha value is -0.760. The molecule has 0 saturated heterocycles. The second kappa shape index (κ2) is 4.40. The molecule has 0 amide bonds. The molecule has 2 heteroatoms. The maximum atomic E-state index is 8.49. The van der Waals surface area contributed by atoms with Crippen LogP contribution >= 0.6 is 11.3 Å². The van der Waals surface area contributed by atoms with Gasteiger partial charge in [0, 0.05) is 0 Å². The Labute approximate surface area is 52.9 Å². The summed E-state index contributed by atoms with van der Waals surface area (Å²) >= 11 is 1.33. The monoisotopic (exact) mass is 128 g/mol. The van der Waals surface area contributed by atoms with Crippen LogP contribution in [0.25, 0.3) is 0 Å². The summed E-state index contributed by atoms with van der Waals surface area (Å²) in [5, 5.41) is 10.7. The Kier molecular flexibility index (Phi) is 3.98. The first-order chi connectivity index (χ1) is 3.89. The van der Waals surface area contributed by atoms with Crippen LogP contribution < -0.4 is 0 Å². The second-order valence-electron chi connectivity index (χ2n) is 0.951. The highest BCUT2D eigenvalue weighted by Crippen LogP contribution is 2.14. The third-order valence-corrected chi connectivity index (χ3v) is 1.18. The Morgan fingerprint density at radius 1 is 1.50 bits per heavy atom. The van der Waals surface area contributed by atoms with Gasteiger partial charge in [-0.15, -0.1) is 24.5 Å². The molecule has 0 saturated carbocycles. The molecular weight excluding hydrogens is 120 g/mol. The quantitative estimate of drug-likeness (QED) is 0.531. The molecule has 0 unspecified atom stereocenters. The van der Waals surface area contributed by atoms with Gasteiger partial charge in [0.1, 0.15) is 0 Å². The fourth-order valence-electron chi connectivity index (χ4n) is 0.270. The van der Waals surface area contributed by atoms with E-state index in [0.717, 1.165) is 0 Å². The first-order valence-electron chi connectivity index (χ1n) is 2.12. The lowest BCUT2D eigenvalue weighted by molar-refractivity contribution is 0.491. The molecule has 1 heterocycles. The molecule has 0 aliphatic carbocycles. The molecule has 0 aromatic carbocycles. The Bertz CT molecular complexity index is 123. The maximum absolute atomic E-state index is 8.49. The summed E-state index contributed by atoms with van der Waals surface area (Å²) < 4.78 is 0. The molecule has 1 aromatic heterocycles. The third-order valence-electron chi connectivity index (χ3n) is 0.506. The van der Waals surface area contributed by atoms with Crippen molar-refractivity contribution in [1.29, 1.82) is 0 Å². The maximum Gasteiger partial charge on any atom is 0.171 e. The van der Waals surface area contributed by atoms with Crippen LogP contribution in [-0.4, -0.2) is 5.11 Å². The zero-order valence-electron chi connectivity index (χ0n) is 4.50.